The lowest BCUT2D eigenvalue weighted by Crippen LogP contribution is -1.69. The van der Waals surface area contributed by atoms with E-state index in [1.54, 1.807) is 34.0 Å². The van der Waals surface area contributed by atoms with Crippen molar-refractivity contribution >= 4 is 65.9 Å². The van der Waals surface area contributed by atoms with Gasteiger partial charge in [-0.05, 0) is 31.9 Å². The SMILES string of the molecule is Brc1c(-c2nccs2)sc(-c2nccs2)c1Br. The van der Waals surface area contributed by atoms with Gasteiger partial charge in [0.25, 0.3) is 0 Å². The van der Waals surface area contributed by atoms with E-state index in [-0.39, 0.29) is 0 Å². The van der Waals surface area contributed by atoms with Gasteiger partial charge in [0.2, 0.25) is 0 Å². The standard InChI is InChI=1S/C10H4Br2N2S3/c11-5-6(12)8(10-14-2-4-16-10)17-7(5)9-13-1-3-15-9/h1-4H. The van der Waals surface area contributed by atoms with E-state index in [4.69, 9.17) is 0 Å². The van der Waals surface area contributed by atoms with E-state index < -0.39 is 0 Å². The summed E-state index contributed by atoms with van der Waals surface area (Å²) in [5.74, 6) is 0. The van der Waals surface area contributed by atoms with Crippen LogP contribution in [0.1, 0.15) is 0 Å². The fourth-order valence-corrected chi connectivity index (χ4v) is 5.69. The Hall–Kier alpha value is -0.0800. The molecule has 0 amide bonds. The molecule has 3 aromatic heterocycles. The lowest BCUT2D eigenvalue weighted by Gasteiger charge is -1.90. The van der Waals surface area contributed by atoms with Crippen molar-refractivity contribution in [2.75, 3.05) is 0 Å². The number of rotatable bonds is 2. The van der Waals surface area contributed by atoms with Crippen LogP contribution in [0.3, 0.4) is 0 Å². The van der Waals surface area contributed by atoms with Crippen LogP contribution in [0, 0.1) is 0 Å². The van der Waals surface area contributed by atoms with Crippen LogP contribution >= 0.6 is 65.9 Å². The highest BCUT2D eigenvalue weighted by molar-refractivity contribution is 9.13. The van der Waals surface area contributed by atoms with Gasteiger partial charge in [0.05, 0.1) is 18.7 Å². The molecule has 0 unspecified atom stereocenters. The fourth-order valence-electron chi connectivity index (χ4n) is 1.34. The van der Waals surface area contributed by atoms with Crippen LogP contribution in [0.5, 0.6) is 0 Å². The van der Waals surface area contributed by atoms with E-state index in [0.29, 0.717) is 0 Å². The Morgan fingerprint density at radius 3 is 1.65 bits per heavy atom. The topological polar surface area (TPSA) is 25.8 Å². The third-order valence-corrected chi connectivity index (χ3v) is 7.73. The maximum Gasteiger partial charge on any atom is 0.134 e. The molecular weight excluding hydrogens is 404 g/mol. The molecule has 2 nitrogen and oxygen atoms in total. The van der Waals surface area contributed by atoms with Gasteiger partial charge in [0.15, 0.2) is 0 Å². The Labute approximate surface area is 127 Å². The van der Waals surface area contributed by atoms with E-state index >= 15 is 0 Å². The van der Waals surface area contributed by atoms with E-state index in [1.165, 1.54) is 0 Å². The molecule has 0 aromatic carbocycles. The number of aromatic nitrogens is 2. The minimum Gasteiger partial charge on any atom is -0.244 e. The zero-order valence-electron chi connectivity index (χ0n) is 8.18. The number of thiophene rings is 1. The minimum atomic E-state index is 1.03. The average molecular weight is 408 g/mol. The van der Waals surface area contributed by atoms with Gasteiger partial charge >= 0.3 is 0 Å². The summed E-state index contributed by atoms with van der Waals surface area (Å²) in [6, 6.07) is 0. The summed E-state index contributed by atoms with van der Waals surface area (Å²) in [7, 11) is 0. The van der Waals surface area contributed by atoms with E-state index in [1.807, 2.05) is 23.2 Å². The van der Waals surface area contributed by atoms with Gasteiger partial charge < -0.3 is 0 Å². The number of thiazole rings is 2. The molecule has 0 N–H and O–H groups in total. The molecule has 86 valence electrons. The molecule has 0 fully saturated rings. The fraction of sp³-hybridized carbons (Fsp3) is 0. The van der Waals surface area contributed by atoms with Crippen molar-refractivity contribution in [1.29, 1.82) is 0 Å². The molecule has 3 aromatic rings. The second-order valence-corrected chi connectivity index (χ2v) is 7.46. The third kappa shape index (κ3) is 2.15. The molecule has 0 radical (unpaired) electrons. The van der Waals surface area contributed by atoms with Crippen molar-refractivity contribution in [2.45, 2.75) is 0 Å². The molecule has 0 bridgehead atoms. The highest BCUT2D eigenvalue weighted by atomic mass is 79.9. The zero-order chi connectivity index (χ0) is 11.8. The van der Waals surface area contributed by atoms with Crippen LogP contribution in [0.15, 0.2) is 32.1 Å². The molecule has 0 aliphatic heterocycles. The molecule has 0 saturated heterocycles. The van der Waals surface area contributed by atoms with Crippen molar-refractivity contribution in [1.82, 2.24) is 9.97 Å². The maximum atomic E-state index is 4.34. The molecular formula is C10H4Br2N2S3. The van der Waals surface area contributed by atoms with Gasteiger partial charge in [-0.3, -0.25) is 0 Å². The molecule has 0 aliphatic rings. The Morgan fingerprint density at radius 2 is 1.29 bits per heavy atom. The lowest BCUT2D eigenvalue weighted by molar-refractivity contribution is 1.42. The van der Waals surface area contributed by atoms with E-state index in [2.05, 4.69) is 41.8 Å². The van der Waals surface area contributed by atoms with E-state index in [0.717, 1.165) is 28.7 Å². The second kappa shape index (κ2) is 4.89. The van der Waals surface area contributed by atoms with Crippen molar-refractivity contribution in [3.63, 3.8) is 0 Å². The number of halogens is 2. The Morgan fingerprint density at radius 1 is 0.824 bits per heavy atom. The van der Waals surface area contributed by atoms with Crippen molar-refractivity contribution in [2.24, 2.45) is 0 Å². The number of hydrogen-bond acceptors (Lipinski definition) is 5. The summed E-state index contributed by atoms with van der Waals surface area (Å²) >= 11 is 12.2. The van der Waals surface area contributed by atoms with Crippen LogP contribution in [-0.4, -0.2) is 9.97 Å². The average Bonchev–Trinajstić information content (AvgIpc) is 3.02. The van der Waals surface area contributed by atoms with Crippen LogP contribution in [0.4, 0.5) is 0 Å². The molecule has 3 heterocycles. The smallest absolute Gasteiger partial charge is 0.134 e. The van der Waals surface area contributed by atoms with Gasteiger partial charge in [-0.15, -0.1) is 34.0 Å². The van der Waals surface area contributed by atoms with Gasteiger partial charge in [-0.25, -0.2) is 9.97 Å². The summed E-state index contributed by atoms with van der Waals surface area (Å²) < 4.78 is 2.12. The normalized spacial score (nSPS) is 10.9. The van der Waals surface area contributed by atoms with Gasteiger partial charge in [-0.2, -0.15) is 0 Å². The molecule has 17 heavy (non-hydrogen) atoms. The number of hydrogen-bond donors (Lipinski definition) is 0. The first-order chi connectivity index (χ1) is 8.27. The summed E-state index contributed by atoms with van der Waals surface area (Å²) in [6.07, 6.45) is 3.65. The lowest BCUT2D eigenvalue weighted by atomic mass is 10.4. The monoisotopic (exact) mass is 406 g/mol. The van der Waals surface area contributed by atoms with Crippen molar-refractivity contribution in [3.05, 3.63) is 32.1 Å². The molecule has 7 heteroatoms. The van der Waals surface area contributed by atoms with Crippen molar-refractivity contribution < 1.29 is 0 Å². The largest absolute Gasteiger partial charge is 0.244 e. The molecule has 0 atom stereocenters. The summed E-state index contributed by atoms with van der Waals surface area (Å²) in [6.45, 7) is 0. The predicted octanol–water partition coefficient (Wildman–Crippen LogP) is 5.52. The zero-order valence-corrected chi connectivity index (χ0v) is 13.8. The van der Waals surface area contributed by atoms with Crippen LogP contribution in [-0.2, 0) is 0 Å². The predicted molar refractivity (Wildman–Crippen MR) is 81.9 cm³/mol. The number of nitrogens with zero attached hydrogens (tertiary/aromatic N) is 2. The van der Waals surface area contributed by atoms with Gasteiger partial charge in [-0.1, -0.05) is 0 Å². The molecule has 0 saturated carbocycles. The Balaban J connectivity index is 2.18. The first-order valence-corrected chi connectivity index (χ1v) is 8.71. The molecule has 3 rings (SSSR count). The van der Waals surface area contributed by atoms with Gasteiger partial charge in [0, 0.05) is 23.2 Å². The molecule has 0 aliphatic carbocycles. The summed E-state index contributed by atoms with van der Waals surface area (Å²) in [4.78, 5) is 11.0. The summed E-state index contributed by atoms with van der Waals surface area (Å²) in [5.41, 5.74) is 0. The van der Waals surface area contributed by atoms with Gasteiger partial charge in [0.1, 0.15) is 10.0 Å². The minimum absolute atomic E-state index is 1.03. The Kier molecular flexibility index (Phi) is 3.45. The van der Waals surface area contributed by atoms with Crippen molar-refractivity contribution in [3.8, 4) is 19.8 Å². The third-order valence-electron chi connectivity index (χ3n) is 2.05. The van der Waals surface area contributed by atoms with Crippen LogP contribution in [0.2, 0.25) is 0 Å². The van der Waals surface area contributed by atoms with Crippen LogP contribution < -0.4 is 0 Å². The molecule has 0 spiro atoms. The van der Waals surface area contributed by atoms with Crippen LogP contribution in [0.25, 0.3) is 19.8 Å². The maximum absolute atomic E-state index is 4.34. The first-order valence-electron chi connectivity index (χ1n) is 4.55. The summed E-state index contributed by atoms with van der Waals surface area (Å²) in [5, 5.41) is 6.03. The highest BCUT2D eigenvalue weighted by Crippen LogP contribution is 2.48. The Bertz CT molecular complexity index is 574. The van der Waals surface area contributed by atoms with E-state index in [9.17, 15) is 0 Å². The second-order valence-electron chi connectivity index (χ2n) is 3.06. The highest BCUT2D eigenvalue weighted by Gasteiger charge is 2.19. The first kappa shape index (κ1) is 12.0. The quantitative estimate of drug-likeness (QED) is 0.558.